The molecule has 0 spiro atoms. The zero-order valence-electron chi connectivity index (χ0n) is 34.5. The van der Waals surface area contributed by atoms with Crippen molar-refractivity contribution in [2.24, 2.45) is 0 Å². The Labute approximate surface area is 338 Å². The van der Waals surface area contributed by atoms with E-state index < -0.39 is 0 Å². The van der Waals surface area contributed by atoms with Crippen LogP contribution < -0.4 is 19.4 Å². The number of aromatic nitrogens is 4. The molecule has 0 radical (unpaired) electrons. The van der Waals surface area contributed by atoms with Gasteiger partial charge in [-0.2, -0.15) is 0 Å². The predicted molar refractivity (Wildman–Crippen MR) is 240 cm³/mol. The minimum absolute atomic E-state index is 0.609. The predicted octanol–water partition coefficient (Wildman–Crippen LogP) is 9.79. The molecule has 8 bridgehead atoms. The van der Waals surface area contributed by atoms with Crippen LogP contribution in [0.25, 0.3) is 63.6 Å². The molecule has 2 aliphatic heterocycles. The summed E-state index contributed by atoms with van der Waals surface area (Å²) in [6, 6.07) is 18.4. The van der Waals surface area contributed by atoms with Gasteiger partial charge in [-0.3, -0.25) is 0 Å². The Morgan fingerprint density at radius 3 is 1.65 bits per heavy atom. The molecule has 4 aromatic rings. The van der Waals surface area contributed by atoms with Gasteiger partial charge in [0.15, 0.2) is 0 Å². The van der Waals surface area contributed by atoms with E-state index in [-0.39, 0.29) is 0 Å². The maximum absolute atomic E-state index is 6.41. The third-order valence-corrected chi connectivity index (χ3v) is 9.19. The molecule has 2 aliphatic rings. The van der Waals surface area contributed by atoms with E-state index in [1.54, 1.807) is 0 Å². The molecule has 6 rings (SSSR count). The van der Waals surface area contributed by atoms with Crippen LogP contribution in [0.1, 0.15) is 48.1 Å². The van der Waals surface area contributed by atoms with Crippen molar-refractivity contribution >= 4 is 52.4 Å². The Bertz CT molecular complexity index is 2360. The highest BCUT2D eigenvalue weighted by atomic mass is 16.5. The van der Waals surface area contributed by atoms with Crippen LogP contribution in [0.3, 0.4) is 0 Å². The normalized spacial score (nSPS) is 13.5. The molecule has 294 valence electrons. The molecule has 1 aromatic carbocycles. The van der Waals surface area contributed by atoms with Gasteiger partial charge < -0.3 is 28.4 Å². The molecule has 0 aliphatic carbocycles. The van der Waals surface area contributed by atoms with Crippen LogP contribution in [0, 0.1) is 0 Å². The van der Waals surface area contributed by atoms with Gasteiger partial charge in [0.05, 0.1) is 91.4 Å². The van der Waals surface area contributed by atoms with E-state index in [0.29, 0.717) is 13.2 Å². The summed E-state index contributed by atoms with van der Waals surface area (Å²) < 4.78 is 14.6. The van der Waals surface area contributed by atoms with Crippen molar-refractivity contribution in [2.45, 2.75) is 19.8 Å². The molecule has 5 heterocycles. The number of hydrogen-bond donors (Lipinski definition) is 0. The molecule has 0 saturated carbocycles. The van der Waals surface area contributed by atoms with Crippen LogP contribution in [0.15, 0.2) is 109 Å². The van der Waals surface area contributed by atoms with Crippen molar-refractivity contribution < 1.29 is 18.4 Å². The second-order valence-corrected chi connectivity index (χ2v) is 16.3. The first kappa shape index (κ1) is 40.7. The quantitative estimate of drug-likeness (QED) is 0.0556. The molecule has 8 nitrogen and oxygen atoms in total. The summed E-state index contributed by atoms with van der Waals surface area (Å²) in [5.74, 6) is 1.53. The number of benzene rings is 1. The SMILES string of the molecule is C/C=C/C=C/C=C/C=C/C=C/c1c2nc(cc3ccc([n-]3)c(-c3cc(OCCC[N+](C)(C)C)cc(OCCC[N+](C)(C)C)c3)c3nc(cc4ccc1[n-]4)C=C3)C=C2. The lowest BCUT2D eigenvalue weighted by Gasteiger charge is -2.24. The minimum atomic E-state index is 0.609. The smallest absolute Gasteiger partial charge is 0.123 e. The summed E-state index contributed by atoms with van der Waals surface area (Å²) in [5.41, 5.74) is 9.33. The molecule has 0 amide bonds. The Morgan fingerprint density at radius 2 is 1.07 bits per heavy atom. The molecule has 0 atom stereocenters. The summed E-state index contributed by atoms with van der Waals surface area (Å²) >= 11 is 0. The molecular weight excluding hydrogens is 705 g/mol. The number of allylic oxidation sites excluding steroid dienone is 9. The average Bonchev–Trinajstić information content (AvgIpc) is 3.99. The standard InChI is InChI=1S/C49H56N6O2/c1-8-9-10-11-12-13-14-15-16-19-44-45-24-20-38(50-45)34-40-22-26-47(52-40)49(48-27-23-41(53-48)35-39-21-25-46(44)51-39)37-32-42(56-30-17-28-54(2,3)4)36-43(33-37)57-31-18-29-55(5,6)7/h8-16,19-27,32-36H,17-18,28-31H2,1-7H3/b9-8+,11-10+,13-12+,15-14+,19-16+,38-34?,39-35?,40-34?,41-35?,45-44?,46-44?,49-47?,49-48?. The summed E-state index contributed by atoms with van der Waals surface area (Å²) in [4.78, 5) is 20.3. The van der Waals surface area contributed by atoms with Gasteiger partial charge in [-0.05, 0) is 60.1 Å². The maximum Gasteiger partial charge on any atom is 0.123 e. The van der Waals surface area contributed by atoms with E-state index in [2.05, 4.69) is 72.6 Å². The Kier molecular flexibility index (Phi) is 13.4. The maximum atomic E-state index is 6.41. The Morgan fingerprint density at radius 1 is 0.561 bits per heavy atom. The molecule has 0 N–H and O–H groups in total. The van der Waals surface area contributed by atoms with Gasteiger partial charge in [-0.25, -0.2) is 9.97 Å². The molecule has 0 saturated heterocycles. The number of quaternary nitrogens is 2. The van der Waals surface area contributed by atoms with Crippen LogP contribution in [-0.2, 0) is 0 Å². The fourth-order valence-electron chi connectivity index (χ4n) is 6.43. The second-order valence-electron chi connectivity index (χ2n) is 16.3. The van der Waals surface area contributed by atoms with Crippen LogP contribution in [-0.4, -0.2) is 87.5 Å². The van der Waals surface area contributed by atoms with Crippen molar-refractivity contribution in [1.82, 2.24) is 19.9 Å². The highest BCUT2D eigenvalue weighted by Gasteiger charge is 2.14. The second kappa shape index (κ2) is 18.8. The van der Waals surface area contributed by atoms with Gasteiger partial charge in [0.2, 0.25) is 0 Å². The van der Waals surface area contributed by atoms with Crippen LogP contribution in [0.2, 0.25) is 0 Å². The zero-order chi connectivity index (χ0) is 40.3. The van der Waals surface area contributed by atoms with E-state index in [0.717, 1.165) is 108 Å². The highest BCUT2D eigenvalue weighted by Crippen LogP contribution is 2.35. The molecule has 57 heavy (non-hydrogen) atoms. The van der Waals surface area contributed by atoms with Gasteiger partial charge in [-0.1, -0.05) is 97.2 Å². The lowest BCUT2D eigenvalue weighted by molar-refractivity contribution is -0.870. The minimum Gasteiger partial charge on any atom is -0.657 e. The van der Waals surface area contributed by atoms with E-state index in [4.69, 9.17) is 29.4 Å². The van der Waals surface area contributed by atoms with E-state index >= 15 is 0 Å². The van der Waals surface area contributed by atoms with Crippen molar-refractivity contribution in [1.29, 1.82) is 0 Å². The van der Waals surface area contributed by atoms with Gasteiger partial charge >= 0.3 is 0 Å². The third kappa shape index (κ3) is 12.3. The number of fused-ring (bicyclic) bond motifs is 8. The third-order valence-electron chi connectivity index (χ3n) is 9.19. The van der Waals surface area contributed by atoms with E-state index in [1.165, 1.54) is 0 Å². The van der Waals surface area contributed by atoms with Gasteiger partial charge in [0.25, 0.3) is 0 Å². The van der Waals surface area contributed by atoms with Crippen LogP contribution in [0.4, 0.5) is 0 Å². The lowest BCUT2D eigenvalue weighted by Crippen LogP contribution is -2.36. The number of nitrogens with zero attached hydrogens (tertiary/aromatic N) is 6. The molecule has 0 fully saturated rings. The Hall–Kier alpha value is -5.96. The van der Waals surface area contributed by atoms with E-state index in [1.807, 2.05) is 116 Å². The first-order valence-electron chi connectivity index (χ1n) is 19.7. The van der Waals surface area contributed by atoms with Gasteiger partial charge in [-0.15, -0.1) is 22.1 Å². The monoisotopic (exact) mass is 760 g/mol. The highest BCUT2D eigenvalue weighted by molar-refractivity contribution is 5.92. The Balaban J connectivity index is 1.43. The molecule has 0 unspecified atom stereocenters. The molecular formula is C49H56N6O2. The van der Waals surface area contributed by atoms with Crippen LogP contribution in [0.5, 0.6) is 11.5 Å². The summed E-state index contributed by atoms with van der Waals surface area (Å²) in [5, 5.41) is 0. The van der Waals surface area contributed by atoms with E-state index in [9.17, 15) is 0 Å². The average molecular weight is 761 g/mol. The number of ether oxygens (including phenoxy) is 2. The molecule has 3 aromatic heterocycles. The van der Waals surface area contributed by atoms with Crippen LogP contribution >= 0.6 is 0 Å². The first-order chi connectivity index (χ1) is 27.4. The van der Waals surface area contributed by atoms with Crippen molar-refractivity contribution in [2.75, 3.05) is 68.6 Å². The van der Waals surface area contributed by atoms with Crippen molar-refractivity contribution in [3.05, 3.63) is 138 Å². The lowest BCUT2D eigenvalue weighted by atomic mass is 10.0. The largest absolute Gasteiger partial charge is 0.657 e. The summed E-state index contributed by atoms with van der Waals surface area (Å²) in [6.07, 6.45) is 30.1. The number of hydrogen-bond acceptors (Lipinski definition) is 4. The molecule has 8 heteroatoms. The van der Waals surface area contributed by atoms with Crippen molar-refractivity contribution in [3.63, 3.8) is 0 Å². The first-order valence-corrected chi connectivity index (χ1v) is 19.7. The topological polar surface area (TPSA) is 72.4 Å². The fraction of sp³-hybridized carbons (Fsp3) is 0.265. The fourth-order valence-corrected chi connectivity index (χ4v) is 6.43. The zero-order valence-corrected chi connectivity index (χ0v) is 34.5. The van der Waals surface area contributed by atoms with Crippen molar-refractivity contribution in [3.8, 4) is 22.6 Å². The van der Waals surface area contributed by atoms with Gasteiger partial charge in [0, 0.05) is 18.9 Å². The number of rotatable bonds is 16. The van der Waals surface area contributed by atoms with Gasteiger partial charge in [0.1, 0.15) is 11.5 Å². The summed E-state index contributed by atoms with van der Waals surface area (Å²) in [6.45, 7) is 5.25. The summed E-state index contributed by atoms with van der Waals surface area (Å²) in [7, 11) is 13.2.